The van der Waals surface area contributed by atoms with Gasteiger partial charge in [0, 0.05) is 5.57 Å². The summed E-state index contributed by atoms with van der Waals surface area (Å²) in [7, 11) is 0. The Labute approximate surface area is 69.2 Å². The zero-order chi connectivity index (χ0) is 7.28. The summed E-state index contributed by atoms with van der Waals surface area (Å²) >= 11 is 5.24. The van der Waals surface area contributed by atoms with Gasteiger partial charge in [0.2, 0.25) is 0 Å². The van der Waals surface area contributed by atoms with Crippen molar-refractivity contribution in [2.24, 2.45) is 0 Å². The molecule has 0 rings (SSSR count). The van der Waals surface area contributed by atoms with Gasteiger partial charge in [0.1, 0.15) is 6.61 Å². The van der Waals surface area contributed by atoms with Gasteiger partial charge in [-0.25, -0.2) is 4.79 Å². The third-order valence-electron chi connectivity index (χ3n) is 0.659. The van der Waals surface area contributed by atoms with Crippen molar-refractivity contribution >= 4 is 27.5 Å². The van der Waals surface area contributed by atoms with Crippen molar-refractivity contribution in [2.75, 3.05) is 12.5 Å². The number of halogens is 1. The van der Waals surface area contributed by atoms with Crippen LogP contribution >= 0.6 is 21.5 Å². The molecule has 0 aromatic rings. The molecule has 1 unspecified atom stereocenters. The number of hydrogen-bond acceptors (Lipinski definition) is 2. The van der Waals surface area contributed by atoms with Crippen LogP contribution in [-0.2, 0) is 9.53 Å². The summed E-state index contributed by atoms with van der Waals surface area (Å²) in [4.78, 5) is 10.5. The van der Waals surface area contributed by atoms with Gasteiger partial charge in [-0.2, -0.15) is 9.90 Å². The van der Waals surface area contributed by atoms with Crippen LogP contribution in [0.25, 0.3) is 0 Å². The Morgan fingerprint density at radius 3 is 2.50 bits per heavy atom. The lowest BCUT2D eigenvalue weighted by Gasteiger charge is -1.98. The monoisotopic (exact) mass is 182 g/mol. The molecular weight excluding hydrogens is 170 g/mol. The number of ether oxygens (including phenoxy) is 1. The Morgan fingerprint density at radius 2 is 2.20 bits per heavy atom. The van der Waals surface area contributed by atoms with Crippen LogP contribution in [-0.4, -0.2) is 18.5 Å². The van der Waals surface area contributed by atoms with E-state index < -0.39 is 0 Å². The molecule has 2 nitrogen and oxygen atoms in total. The van der Waals surface area contributed by atoms with Crippen LogP contribution in [0, 0.1) is 0 Å². The molecule has 0 fully saturated rings. The van der Waals surface area contributed by atoms with Crippen LogP contribution in [0.4, 0.5) is 0 Å². The molecule has 10 heavy (non-hydrogen) atoms. The van der Waals surface area contributed by atoms with Gasteiger partial charge >= 0.3 is 5.97 Å². The summed E-state index contributed by atoms with van der Waals surface area (Å²) < 4.78 is 4.58. The predicted molar refractivity (Wildman–Crippen MR) is 47.6 cm³/mol. The van der Waals surface area contributed by atoms with Crippen molar-refractivity contribution in [2.45, 2.75) is 6.92 Å². The number of hydrogen-bond donors (Lipinski definition) is 0. The Hall–Kier alpha value is -0.0700. The Kier molecular flexibility index (Phi) is 8.87. The fraction of sp³-hybridized carbons (Fsp3) is 0.500. The molecule has 4 heteroatoms. The van der Waals surface area contributed by atoms with E-state index in [4.69, 9.17) is 11.6 Å². The van der Waals surface area contributed by atoms with Crippen molar-refractivity contribution in [3.05, 3.63) is 12.2 Å². The number of carbonyl (C=O) groups is 1. The molecule has 0 aliphatic rings. The van der Waals surface area contributed by atoms with Gasteiger partial charge in [0.25, 0.3) is 0 Å². The first kappa shape index (κ1) is 12.6. The molecule has 0 saturated carbocycles. The van der Waals surface area contributed by atoms with Gasteiger partial charge in [-0.15, -0.1) is 11.6 Å². The molecule has 0 aliphatic carbocycles. The van der Waals surface area contributed by atoms with E-state index in [9.17, 15) is 4.79 Å². The topological polar surface area (TPSA) is 26.3 Å². The van der Waals surface area contributed by atoms with Crippen LogP contribution < -0.4 is 0 Å². The summed E-state index contributed by atoms with van der Waals surface area (Å²) in [6.45, 7) is 5.24. The van der Waals surface area contributed by atoms with Crippen molar-refractivity contribution in [1.29, 1.82) is 0 Å². The maximum atomic E-state index is 10.5. The predicted octanol–water partition coefficient (Wildman–Crippen LogP) is 1.40. The van der Waals surface area contributed by atoms with Gasteiger partial charge in [-0.1, -0.05) is 6.58 Å². The van der Waals surface area contributed by atoms with E-state index in [1.807, 2.05) is 0 Å². The zero-order valence-corrected chi connectivity index (χ0v) is 8.19. The lowest BCUT2D eigenvalue weighted by Crippen LogP contribution is -2.06. The smallest absolute Gasteiger partial charge is 0.333 e. The molecular formula is C6H12ClO2P. The number of alkyl halides is 1. The van der Waals surface area contributed by atoms with Gasteiger partial charge in [0.15, 0.2) is 0 Å². The SMILES string of the molecule is C=C(C)C(=O)OCCCl.P. The molecule has 1 atom stereocenters. The summed E-state index contributed by atoms with van der Waals surface area (Å²) in [5.41, 5.74) is 0.403. The highest BCUT2D eigenvalue weighted by atomic mass is 35.5. The summed E-state index contributed by atoms with van der Waals surface area (Å²) in [6.07, 6.45) is 0. The van der Waals surface area contributed by atoms with Crippen LogP contribution in [0.5, 0.6) is 0 Å². The average Bonchev–Trinajstić information content (AvgIpc) is 1.82. The Bertz CT molecular complexity index is 125. The molecule has 0 bridgehead atoms. The van der Waals surface area contributed by atoms with E-state index in [1.165, 1.54) is 0 Å². The quantitative estimate of drug-likeness (QED) is 0.286. The van der Waals surface area contributed by atoms with Crippen molar-refractivity contribution in [3.63, 3.8) is 0 Å². The highest BCUT2D eigenvalue weighted by molar-refractivity contribution is 6.92. The second kappa shape index (κ2) is 7.04. The van der Waals surface area contributed by atoms with Gasteiger partial charge in [-0.3, -0.25) is 0 Å². The minimum atomic E-state index is -0.379. The molecule has 0 amide bonds. The van der Waals surface area contributed by atoms with E-state index in [2.05, 4.69) is 11.3 Å². The second-order valence-corrected chi connectivity index (χ2v) is 1.98. The van der Waals surface area contributed by atoms with Crippen molar-refractivity contribution < 1.29 is 9.53 Å². The van der Waals surface area contributed by atoms with E-state index in [0.717, 1.165) is 0 Å². The van der Waals surface area contributed by atoms with Gasteiger partial charge < -0.3 is 4.74 Å². The van der Waals surface area contributed by atoms with E-state index in [-0.39, 0.29) is 22.5 Å². The molecule has 0 aliphatic heterocycles. The molecule has 0 N–H and O–H groups in total. The lowest BCUT2D eigenvalue weighted by atomic mass is 10.4. The Morgan fingerprint density at radius 1 is 1.70 bits per heavy atom. The Balaban J connectivity index is 0. The minimum Gasteiger partial charge on any atom is -0.461 e. The minimum absolute atomic E-state index is 0. The fourth-order valence-electron chi connectivity index (χ4n) is 0.254. The molecule has 0 heterocycles. The molecule has 0 aromatic carbocycles. The molecule has 0 saturated heterocycles. The number of carbonyl (C=O) groups excluding carboxylic acids is 1. The van der Waals surface area contributed by atoms with Crippen LogP contribution in [0.1, 0.15) is 6.92 Å². The maximum Gasteiger partial charge on any atom is 0.333 e. The summed E-state index contributed by atoms with van der Waals surface area (Å²) in [5, 5.41) is 0. The van der Waals surface area contributed by atoms with Crippen LogP contribution in [0.3, 0.4) is 0 Å². The summed E-state index contributed by atoms with van der Waals surface area (Å²) in [6, 6.07) is 0. The van der Waals surface area contributed by atoms with E-state index in [1.54, 1.807) is 6.92 Å². The van der Waals surface area contributed by atoms with Crippen LogP contribution in [0.2, 0.25) is 0 Å². The van der Waals surface area contributed by atoms with Crippen molar-refractivity contribution in [1.82, 2.24) is 0 Å². The van der Waals surface area contributed by atoms with Gasteiger partial charge in [0.05, 0.1) is 5.88 Å². The first-order chi connectivity index (χ1) is 4.18. The normalized spacial score (nSPS) is 7.80. The third-order valence-corrected chi connectivity index (χ3v) is 0.813. The second-order valence-electron chi connectivity index (χ2n) is 1.61. The average molecular weight is 183 g/mol. The standard InChI is InChI=1S/C6H9ClO2.H3P/c1-5(2)6(8)9-4-3-7;/h1,3-4H2,2H3;1H3. The fourth-order valence-corrected chi connectivity index (χ4v) is 0.332. The highest BCUT2D eigenvalue weighted by Crippen LogP contribution is 1.91. The third kappa shape index (κ3) is 6.06. The first-order valence-corrected chi connectivity index (χ1v) is 3.10. The molecule has 60 valence electrons. The van der Waals surface area contributed by atoms with Gasteiger partial charge in [-0.05, 0) is 6.92 Å². The first-order valence-electron chi connectivity index (χ1n) is 2.57. The number of rotatable bonds is 3. The molecule has 0 radical (unpaired) electrons. The lowest BCUT2D eigenvalue weighted by molar-refractivity contribution is -0.138. The van der Waals surface area contributed by atoms with Crippen molar-refractivity contribution in [3.8, 4) is 0 Å². The maximum absolute atomic E-state index is 10.5. The molecule has 0 spiro atoms. The highest BCUT2D eigenvalue weighted by Gasteiger charge is 1.99. The number of esters is 1. The summed E-state index contributed by atoms with van der Waals surface area (Å²) in [5.74, 6) is -0.0467. The largest absolute Gasteiger partial charge is 0.461 e. The van der Waals surface area contributed by atoms with E-state index >= 15 is 0 Å². The zero-order valence-electron chi connectivity index (χ0n) is 6.02. The van der Waals surface area contributed by atoms with Crippen LogP contribution in [0.15, 0.2) is 12.2 Å². The van der Waals surface area contributed by atoms with E-state index in [0.29, 0.717) is 11.5 Å². The molecule has 0 aromatic heterocycles.